The van der Waals surface area contributed by atoms with Crippen LogP contribution in [-0.4, -0.2) is 39.0 Å². The number of ether oxygens (including phenoxy) is 1. The van der Waals surface area contributed by atoms with Gasteiger partial charge in [-0.1, -0.05) is 41.6 Å². The van der Waals surface area contributed by atoms with Gasteiger partial charge in [-0.2, -0.15) is 0 Å². The number of hydrogen-bond donors (Lipinski definition) is 1. The molecule has 3 rings (SSSR count). The van der Waals surface area contributed by atoms with E-state index >= 15 is 0 Å². The van der Waals surface area contributed by atoms with Crippen LogP contribution in [0.3, 0.4) is 0 Å². The Morgan fingerprint density at radius 3 is 2.79 bits per heavy atom. The van der Waals surface area contributed by atoms with E-state index < -0.39 is 11.9 Å². The number of nitrogens with zero attached hydrogens (tertiary/aromatic N) is 3. The smallest absolute Gasteiger partial charge is 0.316 e. The highest BCUT2D eigenvalue weighted by molar-refractivity contribution is 7.99. The summed E-state index contributed by atoms with van der Waals surface area (Å²) in [6.07, 6.45) is 1.56. The summed E-state index contributed by atoms with van der Waals surface area (Å²) in [5, 5.41) is 12.0. The molecule has 0 saturated carbocycles. The number of rotatable bonds is 9. The lowest BCUT2D eigenvalue weighted by atomic mass is 10.2. The predicted molar refractivity (Wildman–Crippen MR) is 108 cm³/mol. The molecule has 3 aromatic rings. The monoisotopic (exact) mass is 434 g/mol. The molecule has 0 aliphatic carbocycles. The molecule has 2 heterocycles. The number of carbonyl (C=O) groups is 2. The van der Waals surface area contributed by atoms with Crippen molar-refractivity contribution in [3.63, 3.8) is 0 Å². The molecule has 0 aliphatic heterocycles. The standard InChI is InChI=1S/C19H19ClN4O4S/c1-2-24-18(15-8-5-9-27-15)22-23-19(24)29-12-17(26)28-11-16(25)21-10-13-6-3-4-7-14(13)20/h3-9H,2,10-12H2,1H3,(H,21,25). The molecule has 8 nitrogen and oxygen atoms in total. The van der Waals surface area contributed by atoms with Crippen LogP contribution in [0.1, 0.15) is 12.5 Å². The normalized spacial score (nSPS) is 10.7. The van der Waals surface area contributed by atoms with Crippen LogP contribution in [0.2, 0.25) is 5.02 Å². The van der Waals surface area contributed by atoms with Crippen LogP contribution in [0.5, 0.6) is 0 Å². The van der Waals surface area contributed by atoms with Gasteiger partial charge in [-0.15, -0.1) is 10.2 Å². The number of thioether (sulfide) groups is 1. The third kappa shape index (κ3) is 5.61. The number of nitrogens with one attached hydrogen (secondary N) is 1. The molecule has 152 valence electrons. The van der Waals surface area contributed by atoms with E-state index in [1.807, 2.05) is 29.7 Å². The van der Waals surface area contributed by atoms with Gasteiger partial charge in [0.2, 0.25) is 0 Å². The van der Waals surface area contributed by atoms with Gasteiger partial charge in [0.05, 0.1) is 12.0 Å². The molecule has 1 amide bonds. The molecule has 0 spiro atoms. The molecule has 0 saturated heterocycles. The molecule has 0 fully saturated rings. The van der Waals surface area contributed by atoms with Gasteiger partial charge in [0, 0.05) is 18.1 Å². The topological polar surface area (TPSA) is 99.2 Å². The molecule has 0 atom stereocenters. The fraction of sp³-hybridized carbons (Fsp3) is 0.263. The highest BCUT2D eigenvalue weighted by atomic mass is 35.5. The van der Waals surface area contributed by atoms with Gasteiger partial charge in [0.25, 0.3) is 5.91 Å². The van der Waals surface area contributed by atoms with Gasteiger partial charge in [-0.25, -0.2) is 0 Å². The summed E-state index contributed by atoms with van der Waals surface area (Å²) >= 11 is 7.22. The Hall–Kier alpha value is -2.78. The molecule has 0 unspecified atom stereocenters. The first-order valence-corrected chi connectivity index (χ1v) is 10.2. The molecule has 29 heavy (non-hydrogen) atoms. The van der Waals surface area contributed by atoms with E-state index in [2.05, 4.69) is 15.5 Å². The number of furan rings is 1. The van der Waals surface area contributed by atoms with Gasteiger partial charge < -0.3 is 14.5 Å². The van der Waals surface area contributed by atoms with Crippen LogP contribution in [0, 0.1) is 0 Å². The second-order valence-electron chi connectivity index (χ2n) is 5.85. The lowest BCUT2D eigenvalue weighted by Gasteiger charge is -2.08. The Morgan fingerprint density at radius 2 is 2.07 bits per heavy atom. The fourth-order valence-electron chi connectivity index (χ4n) is 2.47. The zero-order valence-corrected chi connectivity index (χ0v) is 17.2. The summed E-state index contributed by atoms with van der Waals surface area (Å²) in [6, 6.07) is 10.8. The lowest BCUT2D eigenvalue weighted by molar-refractivity contribution is -0.145. The van der Waals surface area contributed by atoms with Crippen LogP contribution in [0.15, 0.2) is 52.2 Å². The number of esters is 1. The molecule has 0 aliphatic rings. The maximum absolute atomic E-state index is 12.0. The molecule has 2 aromatic heterocycles. The van der Waals surface area contributed by atoms with Crippen molar-refractivity contribution in [2.75, 3.05) is 12.4 Å². The lowest BCUT2D eigenvalue weighted by Crippen LogP contribution is -2.28. The second kappa shape index (κ2) is 10.1. The predicted octanol–water partition coefficient (Wildman–Crippen LogP) is 3.16. The van der Waals surface area contributed by atoms with Crippen LogP contribution < -0.4 is 5.32 Å². The zero-order valence-electron chi connectivity index (χ0n) is 15.6. The van der Waals surface area contributed by atoms with Gasteiger partial charge in [0.15, 0.2) is 23.3 Å². The quantitative estimate of drug-likeness (QED) is 0.408. The molecular weight excluding hydrogens is 416 g/mol. The van der Waals surface area contributed by atoms with E-state index in [-0.39, 0.29) is 18.9 Å². The Kier molecular flexibility index (Phi) is 7.31. The van der Waals surface area contributed by atoms with Crippen molar-refractivity contribution in [2.45, 2.75) is 25.2 Å². The largest absolute Gasteiger partial charge is 0.461 e. The van der Waals surface area contributed by atoms with Crippen molar-refractivity contribution in [3.05, 3.63) is 53.2 Å². The minimum atomic E-state index is -0.520. The number of carbonyl (C=O) groups excluding carboxylic acids is 2. The number of halogens is 1. The van der Waals surface area contributed by atoms with Crippen LogP contribution >= 0.6 is 23.4 Å². The molecule has 1 N–H and O–H groups in total. The van der Waals surface area contributed by atoms with Crippen molar-refractivity contribution < 1.29 is 18.7 Å². The summed E-state index contributed by atoms with van der Waals surface area (Å²) in [5.74, 6) is 0.276. The average molecular weight is 435 g/mol. The second-order valence-corrected chi connectivity index (χ2v) is 7.19. The Morgan fingerprint density at radius 1 is 1.24 bits per heavy atom. The number of amides is 1. The Balaban J connectivity index is 1.44. The van der Waals surface area contributed by atoms with Crippen LogP contribution in [0.4, 0.5) is 0 Å². The number of benzene rings is 1. The third-order valence-electron chi connectivity index (χ3n) is 3.89. The summed E-state index contributed by atoms with van der Waals surface area (Å²) in [4.78, 5) is 23.8. The minimum Gasteiger partial charge on any atom is -0.461 e. The van der Waals surface area contributed by atoms with Crippen molar-refractivity contribution >= 4 is 35.2 Å². The van der Waals surface area contributed by atoms with E-state index in [1.165, 1.54) is 11.8 Å². The van der Waals surface area contributed by atoms with E-state index in [0.29, 0.717) is 28.3 Å². The van der Waals surface area contributed by atoms with Crippen LogP contribution in [-0.2, 0) is 27.4 Å². The van der Waals surface area contributed by atoms with Crippen molar-refractivity contribution in [3.8, 4) is 11.6 Å². The van der Waals surface area contributed by atoms with Gasteiger partial charge in [0.1, 0.15) is 0 Å². The average Bonchev–Trinajstić information content (AvgIpc) is 3.39. The van der Waals surface area contributed by atoms with Gasteiger partial charge in [-0.05, 0) is 30.7 Å². The van der Waals surface area contributed by atoms with E-state index in [4.69, 9.17) is 20.8 Å². The third-order valence-corrected chi connectivity index (χ3v) is 5.20. The first-order valence-electron chi connectivity index (χ1n) is 8.84. The fourth-order valence-corrected chi connectivity index (χ4v) is 3.47. The highest BCUT2D eigenvalue weighted by Gasteiger charge is 2.17. The Labute approximate surface area is 176 Å². The Bertz CT molecular complexity index is 975. The number of aromatic nitrogens is 3. The highest BCUT2D eigenvalue weighted by Crippen LogP contribution is 2.24. The maximum atomic E-state index is 12.0. The minimum absolute atomic E-state index is 0.00802. The summed E-state index contributed by atoms with van der Waals surface area (Å²) in [5.41, 5.74) is 0.788. The molecule has 0 radical (unpaired) electrons. The molecule has 1 aromatic carbocycles. The molecular formula is C19H19ClN4O4S. The van der Waals surface area contributed by atoms with E-state index in [0.717, 1.165) is 5.56 Å². The van der Waals surface area contributed by atoms with E-state index in [1.54, 1.807) is 24.5 Å². The van der Waals surface area contributed by atoms with Crippen molar-refractivity contribution in [2.24, 2.45) is 0 Å². The van der Waals surface area contributed by atoms with E-state index in [9.17, 15) is 9.59 Å². The first-order chi connectivity index (χ1) is 14.1. The van der Waals surface area contributed by atoms with Gasteiger partial charge in [-0.3, -0.25) is 14.2 Å². The summed E-state index contributed by atoms with van der Waals surface area (Å²) < 4.78 is 12.2. The zero-order chi connectivity index (χ0) is 20.6. The van der Waals surface area contributed by atoms with Crippen LogP contribution in [0.25, 0.3) is 11.6 Å². The maximum Gasteiger partial charge on any atom is 0.316 e. The van der Waals surface area contributed by atoms with Crippen molar-refractivity contribution in [1.29, 1.82) is 0 Å². The SMILES string of the molecule is CCn1c(SCC(=O)OCC(=O)NCc2ccccc2Cl)nnc1-c1ccco1. The number of hydrogen-bond acceptors (Lipinski definition) is 7. The first kappa shape index (κ1) is 20.9. The van der Waals surface area contributed by atoms with Gasteiger partial charge >= 0.3 is 5.97 Å². The van der Waals surface area contributed by atoms with Crippen molar-refractivity contribution in [1.82, 2.24) is 20.1 Å². The molecule has 0 bridgehead atoms. The summed E-state index contributed by atoms with van der Waals surface area (Å²) in [7, 11) is 0. The summed E-state index contributed by atoms with van der Waals surface area (Å²) in [6.45, 7) is 2.47. The molecule has 10 heteroatoms.